The Morgan fingerprint density at radius 3 is 2.71 bits per heavy atom. The van der Waals surface area contributed by atoms with Crippen LogP contribution in [0.3, 0.4) is 0 Å². The number of anilines is 2. The first-order valence-corrected chi connectivity index (χ1v) is 16.6. The van der Waals surface area contributed by atoms with E-state index < -0.39 is 5.82 Å². The number of rotatable bonds is 15. The zero-order chi connectivity index (χ0) is 33.7. The summed E-state index contributed by atoms with van der Waals surface area (Å²) in [5.74, 6) is 1.67. The number of methoxy groups -OCH3 is 1. The second kappa shape index (κ2) is 17.4. The highest BCUT2D eigenvalue weighted by Gasteiger charge is 2.22. The van der Waals surface area contributed by atoms with Crippen molar-refractivity contribution in [2.24, 2.45) is 5.92 Å². The van der Waals surface area contributed by atoms with Gasteiger partial charge in [-0.2, -0.15) is 0 Å². The van der Waals surface area contributed by atoms with Crippen molar-refractivity contribution in [1.82, 2.24) is 25.2 Å². The van der Waals surface area contributed by atoms with E-state index in [2.05, 4.69) is 25.6 Å². The van der Waals surface area contributed by atoms with Gasteiger partial charge in [0, 0.05) is 61.7 Å². The molecule has 0 bridgehead atoms. The third-order valence-electron chi connectivity index (χ3n) is 8.31. The number of amides is 2. The Morgan fingerprint density at radius 2 is 1.94 bits per heavy atom. The number of hydrogen-bond acceptors (Lipinski definition) is 8. The molecule has 1 fully saturated rings. The van der Waals surface area contributed by atoms with Crippen LogP contribution in [-0.4, -0.2) is 65.0 Å². The molecule has 0 atom stereocenters. The van der Waals surface area contributed by atoms with Crippen LogP contribution in [0.15, 0.2) is 67.3 Å². The van der Waals surface area contributed by atoms with Crippen LogP contribution < -0.4 is 20.1 Å². The standard InChI is InChI=1S/C36H40ClFN6O4/c1-47-32-22-31-28(36(42-24-41-31)43-27-10-11-30(38)29(37)20-27)21-33(32)48-19-5-8-35(46)44-17-13-25(14-18-44)6-2-3-16-40-34(45)12-9-26-7-4-15-39-23-26/h4,7,9-12,15,20-25H,2-3,5-6,8,13-14,16-19H2,1H3,(H,40,45)(H,41,42,43)/b12-9+. The van der Waals surface area contributed by atoms with Gasteiger partial charge in [-0.3, -0.25) is 14.6 Å². The van der Waals surface area contributed by atoms with Crippen molar-refractivity contribution in [3.05, 3.63) is 83.7 Å². The molecule has 12 heteroatoms. The summed E-state index contributed by atoms with van der Waals surface area (Å²) < 4.78 is 25.2. The van der Waals surface area contributed by atoms with Gasteiger partial charge >= 0.3 is 0 Å². The average molecular weight is 675 g/mol. The Kier molecular flexibility index (Phi) is 12.5. The summed E-state index contributed by atoms with van der Waals surface area (Å²) in [5, 5.41) is 6.79. The van der Waals surface area contributed by atoms with Gasteiger partial charge in [-0.05, 0) is 73.6 Å². The highest BCUT2D eigenvalue weighted by Crippen LogP contribution is 2.35. The van der Waals surface area contributed by atoms with E-state index in [9.17, 15) is 14.0 Å². The highest BCUT2D eigenvalue weighted by molar-refractivity contribution is 6.31. The summed E-state index contributed by atoms with van der Waals surface area (Å²) in [6, 6.07) is 11.6. The first kappa shape index (κ1) is 34.6. The lowest BCUT2D eigenvalue weighted by Crippen LogP contribution is -2.38. The number of benzene rings is 2. The van der Waals surface area contributed by atoms with Crippen molar-refractivity contribution in [3.8, 4) is 11.5 Å². The molecule has 10 nitrogen and oxygen atoms in total. The number of hydrogen-bond donors (Lipinski definition) is 2. The van der Waals surface area contributed by atoms with Crippen molar-refractivity contribution < 1.29 is 23.5 Å². The number of halogens is 2. The molecule has 1 aliphatic heterocycles. The van der Waals surface area contributed by atoms with E-state index in [1.165, 1.54) is 24.5 Å². The molecule has 2 aromatic heterocycles. The number of carbonyl (C=O) groups is 2. The molecule has 5 rings (SSSR count). The van der Waals surface area contributed by atoms with E-state index in [4.69, 9.17) is 21.1 Å². The maximum absolute atomic E-state index is 13.6. The lowest BCUT2D eigenvalue weighted by Gasteiger charge is -2.32. The number of fused-ring (bicyclic) bond motifs is 1. The fourth-order valence-corrected chi connectivity index (χ4v) is 5.84. The molecule has 2 aromatic carbocycles. The average Bonchev–Trinajstić information content (AvgIpc) is 3.11. The quantitative estimate of drug-likeness (QED) is 0.103. The summed E-state index contributed by atoms with van der Waals surface area (Å²) in [7, 11) is 1.56. The lowest BCUT2D eigenvalue weighted by atomic mass is 9.91. The number of piperidine rings is 1. The SMILES string of the molecule is COc1cc2ncnc(Nc3ccc(F)c(Cl)c3)c2cc1OCCCC(=O)N1CCC(CCCCNC(=O)/C=C/c2cccnc2)CC1. The molecule has 48 heavy (non-hydrogen) atoms. The smallest absolute Gasteiger partial charge is 0.243 e. The number of nitrogens with one attached hydrogen (secondary N) is 2. The number of nitrogens with zero attached hydrogens (tertiary/aromatic N) is 4. The van der Waals surface area contributed by atoms with Gasteiger partial charge in [0.2, 0.25) is 11.8 Å². The minimum absolute atomic E-state index is 0.00363. The molecular weight excluding hydrogens is 635 g/mol. The maximum atomic E-state index is 13.6. The zero-order valence-electron chi connectivity index (χ0n) is 27.0. The molecule has 4 aromatic rings. The molecule has 2 N–H and O–H groups in total. The van der Waals surface area contributed by atoms with Crippen LogP contribution in [0.4, 0.5) is 15.9 Å². The van der Waals surface area contributed by atoms with Gasteiger partial charge in [-0.1, -0.05) is 30.5 Å². The Morgan fingerprint density at radius 1 is 1.08 bits per heavy atom. The van der Waals surface area contributed by atoms with Crippen LogP contribution in [0.5, 0.6) is 11.5 Å². The largest absolute Gasteiger partial charge is 0.493 e. The van der Waals surface area contributed by atoms with Crippen molar-refractivity contribution in [1.29, 1.82) is 0 Å². The number of likely N-dealkylation sites (tertiary alicyclic amines) is 1. The van der Waals surface area contributed by atoms with E-state index in [1.54, 1.807) is 43.8 Å². The summed E-state index contributed by atoms with van der Waals surface area (Å²) >= 11 is 5.94. The topological polar surface area (TPSA) is 119 Å². The molecule has 1 aliphatic rings. The van der Waals surface area contributed by atoms with Gasteiger partial charge in [-0.15, -0.1) is 0 Å². The molecule has 0 radical (unpaired) electrons. The maximum Gasteiger partial charge on any atom is 0.243 e. The summed E-state index contributed by atoms with van der Waals surface area (Å²) in [5.41, 5.74) is 2.11. The number of pyridine rings is 1. The number of aromatic nitrogens is 3. The molecular formula is C36H40ClFN6O4. The molecule has 0 saturated carbocycles. The van der Waals surface area contributed by atoms with Crippen molar-refractivity contribution in [3.63, 3.8) is 0 Å². The monoisotopic (exact) mass is 674 g/mol. The number of unbranched alkanes of at least 4 members (excludes halogenated alkanes) is 1. The second-order valence-corrected chi connectivity index (χ2v) is 12.1. The Labute approximate surface area is 284 Å². The molecule has 252 valence electrons. The predicted octanol–water partition coefficient (Wildman–Crippen LogP) is 6.97. The van der Waals surface area contributed by atoms with Crippen LogP contribution in [-0.2, 0) is 9.59 Å². The normalized spacial score (nSPS) is 13.5. The van der Waals surface area contributed by atoms with E-state index in [1.807, 2.05) is 17.0 Å². The number of carbonyl (C=O) groups excluding carboxylic acids is 2. The van der Waals surface area contributed by atoms with Gasteiger partial charge in [-0.25, -0.2) is 14.4 Å². The molecule has 0 aliphatic carbocycles. The van der Waals surface area contributed by atoms with Crippen LogP contribution in [0.25, 0.3) is 17.0 Å². The number of ether oxygens (including phenoxy) is 2. The van der Waals surface area contributed by atoms with Crippen LogP contribution in [0.2, 0.25) is 5.02 Å². The highest BCUT2D eigenvalue weighted by atomic mass is 35.5. The molecule has 1 saturated heterocycles. The van der Waals surface area contributed by atoms with Gasteiger partial charge in [0.05, 0.1) is 24.3 Å². The van der Waals surface area contributed by atoms with Crippen molar-refractivity contribution in [2.75, 3.05) is 38.7 Å². The minimum atomic E-state index is -0.504. The fourth-order valence-electron chi connectivity index (χ4n) is 5.66. The van der Waals surface area contributed by atoms with Gasteiger partial charge < -0.3 is 25.0 Å². The van der Waals surface area contributed by atoms with Crippen LogP contribution in [0.1, 0.15) is 50.5 Å². The summed E-state index contributed by atoms with van der Waals surface area (Å²) in [4.78, 5) is 39.6. The van der Waals surface area contributed by atoms with Gasteiger partial charge in [0.15, 0.2) is 11.5 Å². The predicted molar refractivity (Wildman–Crippen MR) is 185 cm³/mol. The zero-order valence-corrected chi connectivity index (χ0v) is 27.7. The molecule has 2 amide bonds. The Bertz CT molecular complexity index is 1720. The summed E-state index contributed by atoms with van der Waals surface area (Å²) in [6.07, 6.45) is 14.2. The Hall–Kier alpha value is -4.77. The van der Waals surface area contributed by atoms with E-state index in [0.717, 1.165) is 50.8 Å². The third-order valence-corrected chi connectivity index (χ3v) is 8.60. The Balaban J connectivity index is 1.01. The summed E-state index contributed by atoms with van der Waals surface area (Å²) in [6.45, 7) is 2.53. The lowest BCUT2D eigenvalue weighted by molar-refractivity contribution is -0.132. The second-order valence-electron chi connectivity index (χ2n) is 11.7. The van der Waals surface area contributed by atoms with Crippen LogP contribution >= 0.6 is 11.6 Å². The molecule has 0 spiro atoms. The van der Waals surface area contributed by atoms with E-state index >= 15 is 0 Å². The third kappa shape index (κ3) is 9.87. The van der Waals surface area contributed by atoms with E-state index in [-0.39, 0.29) is 16.8 Å². The first-order valence-electron chi connectivity index (χ1n) is 16.2. The first-order chi connectivity index (χ1) is 23.4. The van der Waals surface area contributed by atoms with E-state index in [0.29, 0.717) is 65.8 Å². The molecule has 3 heterocycles. The minimum Gasteiger partial charge on any atom is -0.493 e. The van der Waals surface area contributed by atoms with Crippen LogP contribution in [0, 0.1) is 11.7 Å². The fraction of sp³-hybridized carbons (Fsp3) is 0.361. The molecule has 0 unspecified atom stereocenters. The van der Waals surface area contributed by atoms with Crippen molar-refractivity contribution in [2.45, 2.75) is 44.9 Å². The van der Waals surface area contributed by atoms with Crippen molar-refractivity contribution >= 4 is 51.9 Å². The van der Waals surface area contributed by atoms with Gasteiger partial charge in [0.1, 0.15) is 18.0 Å². The van der Waals surface area contributed by atoms with Gasteiger partial charge in [0.25, 0.3) is 0 Å².